The maximum atomic E-state index is 12.6. The number of nitrogens with two attached hydrogens (primary N) is 1. The van der Waals surface area contributed by atoms with Crippen molar-refractivity contribution in [3.8, 4) is 0 Å². The van der Waals surface area contributed by atoms with Gasteiger partial charge in [-0.3, -0.25) is 19.4 Å². The standard InChI is InChI=1S/C20H15ClF3N5O3S/c21-12-5-7-13(8-6-12)26-14(30)9-33-19-28-16(25)15(18(32)29-19)27-17(31)10-1-3-11(4-2-10)20(22,23)24/h1-8H,9H2,(H,26,30)(H,27,31)(H3,25,28,29,32). The topological polar surface area (TPSA) is 130 Å². The summed E-state index contributed by atoms with van der Waals surface area (Å²) in [5.74, 6) is -1.63. The van der Waals surface area contributed by atoms with E-state index in [1.54, 1.807) is 24.3 Å². The molecule has 0 aliphatic heterocycles. The summed E-state index contributed by atoms with van der Waals surface area (Å²) in [4.78, 5) is 43.0. The molecule has 8 nitrogen and oxygen atoms in total. The maximum absolute atomic E-state index is 12.6. The Hall–Kier alpha value is -3.51. The van der Waals surface area contributed by atoms with E-state index < -0.39 is 23.2 Å². The van der Waals surface area contributed by atoms with E-state index in [9.17, 15) is 27.6 Å². The lowest BCUT2D eigenvalue weighted by Crippen LogP contribution is -2.23. The lowest BCUT2D eigenvalue weighted by Gasteiger charge is -2.10. The lowest BCUT2D eigenvalue weighted by molar-refractivity contribution is -0.137. The quantitative estimate of drug-likeness (QED) is 0.301. The Morgan fingerprint density at radius 2 is 1.70 bits per heavy atom. The molecule has 13 heteroatoms. The van der Waals surface area contributed by atoms with E-state index in [4.69, 9.17) is 17.3 Å². The minimum Gasteiger partial charge on any atom is -0.382 e. The SMILES string of the molecule is Nc1nc(SCC(=O)Nc2ccc(Cl)cc2)[nH]c(=O)c1NC(=O)c1ccc(C(F)(F)F)cc1. The van der Waals surface area contributed by atoms with Gasteiger partial charge in [-0.2, -0.15) is 13.2 Å². The van der Waals surface area contributed by atoms with Crippen LogP contribution in [-0.4, -0.2) is 27.5 Å². The number of nitrogens with zero attached hydrogens (tertiary/aromatic N) is 1. The van der Waals surface area contributed by atoms with Crippen LogP contribution in [0.25, 0.3) is 0 Å². The van der Waals surface area contributed by atoms with Crippen LogP contribution in [0, 0.1) is 0 Å². The first-order valence-electron chi connectivity index (χ1n) is 9.09. The van der Waals surface area contributed by atoms with Crippen molar-refractivity contribution in [2.45, 2.75) is 11.3 Å². The fraction of sp³-hybridized carbons (Fsp3) is 0.100. The van der Waals surface area contributed by atoms with Crippen molar-refractivity contribution >= 4 is 52.4 Å². The number of amides is 2. The second kappa shape index (κ2) is 9.96. The number of thioether (sulfide) groups is 1. The van der Waals surface area contributed by atoms with Gasteiger partial charge in [0.2, 0.25) is 5.91 Å². The number of aromatic amines is 1. The average Bonchev–Trinajstić information content (AvgIpc) is 2.76. The van der Waals surface area contributed by atoms with Gasteiger partial charge < -0.3 is 16.4 Å². The molecule has 0 atom stereocenters. The molecule has 0 aliphatic rings. The predicted octanol–water partition coefficient (Wildman–Crippen LogP) is 4.01. The molecule has 33 heavy (non-hydrogen) atoms. The molecule has 0 radical (unpaired) electrons. The van der Waals surface area contributed by atoms with Crippen LogP contribution in [0.15, 0.2) is 58.5 Å². The minimum absolute atomic E-state index is 0.0382. The first-order chi connectivity index (χ1) is 15.5. The molecule has 0 saturated heterocycles. The minimum atomic E-state index is -4.54. The number of carbonyl (C=O) groups excluding carboxylic acids is 2. The zero-order chi connectivity index (χ0) is 24.2. The fourth-order valence-electron chi connectivity index (χ4n) is 2.52. The number of benzene rings is 2. The molecule has 0 bridgehead atoms. The van der Waals surface area contributed by atoms with E-state index in [2.05, 4.69) is 20.6 Å². The summed E-state index contributed by atoms with van der Waals surface area (Å²) in [6.45, 7) is 0. The highest BCUT2D eigenvalue weighted by Crippen LogP contribution is 2.29. The van der Waals surface area contributed by atoms with Crippen molar-refractivity contribution in [3.05, 3.63) is 75.0 Å². The highest BCUT2D eigenvalue weighted by Gasteiger charge is 2.30. The van der Waals surface area contributed by atoms with Crippen LogP contribution in [0.1, 0.15) is 15.9 Å². The third-order valence-corrected chi connectivity index (χ3v) is 5.23. The van der Waals surface area contributed by atoms with Gasteiger partial charge in [-0.25, -0.2) is 4.98 Å². The van der Waals surface area contributed by atoms with Crippen molar-refractivity contribution in [3.63, 3.8) is 0 Å². The van der Waals surface area contributed by atoms with Crippen LogP contribution in [0.4, 0.5) is 30.4 Å². The molecule has 1 aromatic heterocycles. The van der Waals surface area contributed by atoms with Gasteiger partial charge >= 0.3 is 6.18 Å². The van der Waals surface area contributed by atoms with E-state index in [1.165, 1.54) is 0 Å². The first-order valence-corrected chi connectivity index (χ1v) is 10.5. The maximum Gasteiger partial charge on any atom is 0.416 e. The van der Waals surface area contributed by atoms with Crippen LogP contribution in [0.5, 0.6) is 0 Å². The summed E-state index contributed by atoms with van der Waals surface area (Å²) in [6, 6.07) is 9.90. The molecule has 0 saturated carbocycles. The Kier molecular flexibility index (Phi) is 7.29. The van der Waals surface area contributed by atoms with E-state index >= 15 is 0 Å². The normalized spacial score (nSPS) is 11.2. The van der Waals surface area contributed by atoms with Gasteiger partial charge in [-0.1, -0.05) is 23.4 Å². The Balaban J connectivity index is 1.63. The van der Waals surface area contributed by atoms with E-state index in [1.807, 2.05) is 0 Å². The second-order valence-corrected chi connectivity index (χ2v) is 7.90. The molecule has 2 amide bonds. The number of alkyl halides is 3. The van der Waals surface area contributed by atoms with Crippen molar-refractivity contribution in [1.82, 2.24) is 9.97 Å². The lowest BCUT2D eigenvalue weighted by atomic mass is 10.1. The zero-order valence-electron chi connectivity index (χ0n) is 16.5. The average molecular weight is 498 g/mol. The Labute approximate surface area is 193 Å². The molecule has 0 unspecified atom stereocenters. The number of rotatable bonds is 6. The third kappa shape index (κ3) is 6.49. The van der Waals surface area contributed by atoms with Crippen molar-refractivity contribution in [1.29, 1.82) is 0 Å². The first kappa shape index (κ1) is 24.1. The summed E-state index contributed by atoms with van der Waals surface area (Å²) >= 11 is 6.69. The van der Waals surface area contributed by atoms with E-state index in [-0.39, 0.29) is 33.9 Å². The van der Waals surface area contributed by atoms with Crippen LogP contribution in [0.3, 0.4) is 0 Å². The van der Waals surface area contributed by atoms with Crippen LogP contribution < -0.4 is 21.9 Å². The highest BCUT2D eigenvalue weighted by molar-refractivity contribution is 7.99. The highest BCUT2D eigenvalue weighted by atomic mass is 35.5. The molecule has 3 rings (SSSR count). The molecule has 1 heterocycles. The molecule has 0 aliphatic carbocycles. The Morgan fingerprint density at radius 1 is 1.06 bits per heavy atom. The molecular weight excluding hydrogens is 483 g/mol. The summed E-state index contributed by atoms with van der Waals surface area (Å²) in [5, 5.41) is 5.43. The largest absolute Gasteiger partial charge is 0.416 e. The number of hydrogen-bond donors (Lipinski definition) is 4. The van der Waals surface area contributed by atoms with Gasteiger partial charge in [0.05, 0.1) is 11.3 Å². The smallest absolute Gasteiger partial charge is 0.382 e. The summed E-state index contributed by atoms with van der Waals surface area (Å²) in [6.07, 6.45) is -4.54. The number of halogens is 4. The van der Waals surface area contributed by atoms with Crippen molar-refractivity contribution in [2.75, 3.05) is 22.1 Å². The van der Waals surface area contributed by atoms with Crippen molar-refractivity contribution in [2.24, 2.45) is 0 Å². The summed E-state index contributed by atoms with van der Waals surface area (Å²) < 4.78 is 37.9. The molecule has 5 N–H and O–H groups in total. The molecule has 172 valence electrons. The van der Waals surface area contributed by atoms with Crippen LogP contribution >= 0.6 is 23.4 Å². The summed E-state index contributed by atoms with van der Waals surface area (Å²) in [7, 11) is 0. The van der Waals surface area contributed by atoms with Crippen molar-refractivity contribution < 1.29 is 22.8 Å². The second-order valence-electron chi connectivity index (χ2n) is 6.50. The molecule has 3 aromatic rings. The Bertz CT molecular complexity index is 1230. The number of nitrogens with one attached hydrogen (secondary N) is 3. The molecule has 0 spiro atoms. The van der Waals surface area contributed by atoms with Crippen LogP contribution in [-0.2, 0) is 11.0 Å². The molecular formula is C20H15ClF3N5O3S. The number of aromatic nitrogens is 2. The van der Waals surface area contributed by atoms with E-state index in [0.29, 0.717) is 10.7 Å². The zero-order valence-corrected chi connectivity index (χ0v) is 18.1. The monoisotopic (exact) mass is 497 g/mol. The van der Waals surface area contributed by atoms with Gasteiger partial charge in [0.25, 0.3) is 11.5 Å². The van der Waals surface area contributed by atoms with Crippen LogP contribution in [0.2, 0.25) is 5.02 Å². The number of nitrogen functional groups attached to an aromatic ring is 1. The number of H-pyrrole nitrogens is 1. The third-order valence-electron chi connectivity index (χ3n) is 4.11. The van der Waals surface area contributed by atoms with Gasteiger partial charge in [-0.05, 0) is 48.5 Å². The van der Waals surface area contributed by atoms with Gasteiger partial charge in [0, 0.05) is 16.3 Å². The predicted molar refractivity (Wildman–Crippen MR) is 119 cm³/mol. The molecule has 2 aromatic carbocycles. The van der Waals surface area contributed by atoms with E-state index in [0.717, 1.165) is 36.0 Å². The summed E-state index contributed by atoms with van der Waals surface area (Å²) in [5.41, 5.74) is 4.10. The van der Waals surface area contributed by atoms with Gasteiger partial charge in [0.15, 0.2) is 11.0 Å². The molecule has 0 fully saturated rings. The van der Waals surface area contributed by atoms with Gasteiger partial charge in [-0.15, -0.1) is 0 Å². The number of hydrogen-bond acceptors (Lipinski definition) is 6. The fourth-order valence-corrected chi connectivity index (χ4v) is 3.31. The van der Waals surface area contributed by atoms with Gasteiger partial charge in [0.1, 0.15) is 5.69 Å². The Morgan fingerprint density at radius 3 is 2.27 bits per heavy atom. The number of carbonyl (C=O) groups is 2. The number of anilines is 3.